The predicted molar refractivity (Wildman–Crippen MR) is 126 cm³/mol. The van der Waals surface area contributed by atoms with Crippen LogP contribution in [0.3, 0.4) is 0 Å². The molecule has 1 heterocycles. The number of ketones is 2. The molecule has 0 aromatic heterocycles. The highest BCUT2D eigenvalue weighted by Crippen LogP contribution is 2.39. The number of hydrogen-bond donors (Lipinski definition) is 1. The van der Waals surface area contributed by atoms with Gasteiger partial charge in [0.25, 0.3) is 0 Å². The molecule has 4 aromatic carbocycles. The normalized spacial score (nSPS) is 13.3. The van der Waals surface area contributed by atoms with Crippen molar-refractivity contribution in [1.82, 2.24) is 0 Å². The largest absolute Gasteiger partial charge is 0.323 e. The van der Waals surface area contributed by atoms with Crippen LogP contribution in [-0.4, -0.2) is 23.4 Å². The van der Waals surface area contributed by atoms with Gasteiger partial charge in [0.15, 0.2) is 0 Å². The van der Waals surface area contributed by atoms with Crippen LogP contribution in [0.5, 0.6) is 0 Å². The molecule has 0 bridgehead atoms. The molecule has 0 atom stereocenters. The molecule has 0 unspecified atom stereocenters. The summed E-state index contributed by atoms with van der Waals surface area (Å²) < 4.78 is 0. The molecule has 0 saturated heterocycles. The number of benzene rings is 4. The van der Waals surface area contributed by atoms with Gasteiger partial charge in [-0.3, -0.25) is 24.1 Å². The zero-order valence-corrected chi connectivity index (χ0v) is 17.4. The van der Waals surface area contributed by atoms with E-state index in [0.717, 1.165) is 10.8 Å². The Morgan fingerprint density at radius 2 is 1.33 bits per heavy atom. The van der Waals surface area contributed by atoms with Crippen molar-refractivity contribution in [3.63, 3.8) is 0 Å². The van der Waals surface area contributed by atoms with Gasteiger partial charge < -0.3 is 5.32 Å². The summed E-state index contributed by atoms with van der Waals surface area (Å²) >= 11 is 0. The minimum Gasteiger partial charge on any atom is -0.323 e. The third-order valence-corrected chi connectivity index (χ3v) is 5.60. The number of carbonyl (C=O) groups excluding carboxylic acids is 4. The number of rotatable bonds is 4. The van der Waals surface area contributed by atoms with Crippen molar-refractivity contribution in [3.05, 3.63) is 102 Å². The molecule has 5 rings (SSSR count). The molecule has 2 amide bonds. The maximum atomic E-state index is 13.0. The van der Waals surface area contributed by atoms with Crippen molar-refractivity contribution < 1.29 is 19.2 Å². The van der Waals surface area contributed by atoms with Crippen LogP contribution in [0.4, 0.5) is 17.1 Å². The third kappa shape index (κ3) is 3.68. The van der Waals surface area contributed by atoms with E-state index in [-0.39, 0.29) is 23.8 Å². The fourth-order valence-corrected chi connectivity index (χ4v) is 4.01. The summed E-state index contributed by atoms with van der Waals surface area (Å²) in [4.78, 5) is 52.0. The summed E-state index contributed by atoms with van der Waals surface area (Å²) in [6, 6.07) is 25.9. The van der Waals surface area contributed by atoms with Crippen molar-refractivity contribution in [2.24, 2.45) is 0 Å². The topological polar surface area (TPSA) is 83.6 Å². The highest BCUT2D eigenvalue weighted by atomic mass is 16.2. The Balaban J connectivity index is 1.53. The monoisotopic (exact) mass is 434 g/mol. The van der Waals surface area contributed by atoms with Crippen molar-refractivity contribution in [3.8, 4) is 0 Å². The molecule has 1 aliphatic heterocycles. The Kier molecular flexibility index (Phi) is 5.03. The van der Waals surface area contributed by atoms with Gasteiger partial charge in [-0.15, -0.1) is 0 Å². The van der Waals surface area contributed by atoms with Crippen molar-refractivity contribution in [2.75, 3.05) is 10.2 Å². The fraction of sp³-hybridized carbons (Fsp3) is 0.0370. The number of Topliss-reactive ketones (excluding diaryl/α,β-unsaturated/α-hetero) is 2. The second-order valence-corrected chi connectivity index (χ2v) is 7.71. The van der Waals surface area contributed by atoms with Crippen molar-refractivity contribution in [2.45, 2.75) is 6.42 Å². The maximum Gasteiger partial charge on any atom is 0.241 e. The van der Waals surface area contributed by atoms with E-state index in [1.165, 1.54) is 17.0 Å². The average molecular weight is 434 g/mol. The van der Waals surface area contributed by atoms with Crippen LogP contribution in [0.1, 0.15) is 27.1 Å². The quantitative estimate of drug-likeness (QED) is 0.281. The van der Waals surface area contributed by atoms with Crippen molar-refractivity contribution >= 4 is 51.2 Å². The number of carbonyl (C=O) groups is 4. The molecule has 1 aliphatic rings. The van der Waals surface area contributed by atoms with E-state index in [2.05, 4.69) is 5.32 Å². The zero-order valence-electron chi connectivity index (χ0n) is 17.4. The van der Waals surface area contributed by atoms with Gasteiger partial charge in [-0.25, -0.2) is 0 Å². The standard InChI is InChI=1S/C27H18N2O4/c30-23-16-24(31)29(22-15-12-17-6-4-5-9-21(17)25(22)28-23)20-13-10-19(11-14-20)27(33)26(32)18-7-2-1-3-8-18/h1-15H,16H2,(H,28,30). The Morgan fingerprint density at radius 3 is 2.06 bits per heavy atom. The van der Waals surface area contributed by atoms with Crippen LogP contribution in [0, 0.1) is 0 Å². The Bertz CT molecular complexity index is 1430. The summed E-state index contributed by atoms with van der Waals surface area (Å²) in [5.41, 5.74) is 2.14. The second kappa shape index (κ2) is 8.16. The Morgan fingerprint density at radius 1 is 0.697 bits per heavy atom. The molecule has 33 heavy (non-hydrogen) atoms. The van der Waals surface area contributed by atoms with Crippen LogP contribution in [0.25, 0.3) is 10.8 Å². The van der Waals surface area contributed by atoms with Crippen LogP contribution in [0.2, 0.25) is 0 Å². The van der Waals surface area contributed by atoms with Crippen LogP contribution in [-0.2, 0) is 9.59 Å². The molecule has 4 aromatic rings. The van der Waals surface area contributed by atoms with Crippen LogP contribution < -0.4 is 10.2 Å². The lowest BCUT2D eigenvalue weighted by Crippen LogP contribution is -2.26. The number of nitrogens with one attached hydrogen (secondary N) is 1. The first kappa shape index (κ1) is 20.3. The predicted octanol–water partition coefficient (Wildman–Crippen LogP) is 4.91. The van der Waals surface area contributed by atoms with E-state index in [1.807, 2.05) is 30.3 Å². The molecule has 0 aliphatic carbocycles. The first-order valence-electron chi connectivity index (χ1n) is 10.4. The van der Waals surface area contributed by atoms with Crippen molar-refractivity contribution in [1.29, 1.82) is 0 Å². The third-order valence-electron chi connectivity index (χ3n) is 5.60. The molecule has 0 fully saturated rings. The Labute approximate surface area is 189 Å². The van der Waals surface area contributed by atoms with Gasteiger partial charge in [-0.05, 0) is 35.7 Å². The Hall–Kier alpha value is -4.58. The second-order valence-electron chi connectivity index (χ2n) is 7.71. The SMILES string of the molecule is O=C1CC(=O)N(c2ccc(C(=O)C(=O)c3ccccc3)cc2)c2ccc3ccccc3c2N1. The number of anilines is 3. The molecule has 160 valence electrons. The van der Waals surface area contributed by atoms with Gasteiger partial charge in [0.05, 0.1) is 11.4 Å². The molecule has 6 heteroatoms. The van der Waals surface area contributed by atoms with Gasteiger partial charge in [0.2, 0.25) is 23.4 Å². The van der Waals surface area contributed by atoms with Crippen LogP contribution >= 0.6 is 0 Å². The minimum absolute atomic E-state index is 0.225. The highest BCUT2D eigenvalue weighted by molar-refractivity contribution is 6.49. The lowest BCUT2D eigenvalue weighted by molar-refractivity contribution is -0.124. The van der Waals surface area contributed by atoms with E-state index in [0.29, 0.717) is 22.6 Å². The molecule has 6 nitrogen and oxygen atoms in total. The van der Waals surface area contributed by atoms with E-state index in [4.69, 9.17) is 0 Å². The molecule has 0 saturated carbocycles. The molecular weight excluding hydrogens is 416 g/mol. The van der Waals surface area contributed by atoms with Gasteiger partial charge in [0, 0.05) is 22.2 Å². The number of amides is 2. The first-order valence-corrected chi connectivity index (χ1v) is 10.4. The van der Waals surface area contributed by atoms with E-state index in [1.54, 1.807) is 48.5 Å². The van der Waals surface area contributed by atoms with Gasteiger partial charge >= 0.3 is 0 Å². The molecule has 0 spiro atoms. The summed E-state index contributed by atoms with van der Waals surface area (Å²) in [5.74, 6) is -2.00. The van der Waals surface area contributed by atoms with E-state index < -0.39 is 11.6 Å². The lowest BCUT2D eigenvalue weighted by atomic mass is 10.0. The molecule has 0 radical (unpaired) electrons. The minimum atomic E-state index is -0.627. The van der Waals surface area contributed by atoms with Gasteiger partial charge in [-0.1, -0.05) is 60.7 Å². The van der Waals surface area contributed by atoms with E-state index in [9.17, 15) is 19.2 Å². The maximum absolute atomic E-state index is 13.0. The zero-order chi connectivity index (χ0) is 22.9. The smallest absolute Gasteiger partial charge is 0.241 e. The van der Waals surface area contributed by atoms with Crippen LogP contribution in [0.15, 0.2) is 91.0 Å². The molecular formula is C27H18N2O4. The van der Waals surface area contributed by atoms with Gasteiger partial charge in [-0.2, -0.15) is 0 Å². The summed E-state index contributed by atoms with van der Waals surface area (Å²) in [6.07, 6.45) is -0.309. The average Bonchev–Trinajstić information content (AvgIpc) is 2.98. The summed E-state index contributed by atoms with van der Waals surface area (Å²) in [7, 11) is 0. The molecule has 1 N–H and O–H groups in total. The first-order chi connectivity index (χ1) is 16.0. The highest BCUT2D eigenvalue weighted by Gasteiger charge is 2.29. The number of fused-ring (bicyclic) bond motifs is 3. The van der Waals surface area contributed by atoms with Gasteiger partial charge in [0.1, 0.15) is 6.42 Å². The number of hydrogen-bond acceptors (Lipinski definition) is 4. The summed E-state index contributed by atoms with van der Waals surface area (Å²) in [6.45, 7) is 0. The lowest BCUT2D eigenvalue weighted by Gasteiger charge is -2.23. The fourth-order valence-electron chi connectivity index (χ4n) is 4.01. The summed E-state index contributed by atoms with van der Waals surface area (Å²) in [5, 5.41) is 4.62. The van der Waals surface area contributed by atoms with E-state index >= 15 is 0 Å². The number of nitrogens with zero attached hydrogens (tertiary/aromatic N) is 1.